The second-order valence-electron chi connectivity index (χ2n) is 5.80. The summed E-state index contributed by atoms with van der Waals surface area (Å²) in [5.41, 5.74) is 0. The lowest BCUT2D eigenvalue weighted by Gasteiger charge is -2.36. The van der Waals surface area contributed by atoms with E-state index < -0.39 is 14.5 Å². The van der Waals surface area contributed by atoms with Crippen molar-refractivity contribution >= 4 is 14.5 Å². The zero-order valence-corrected chi connectivity index (χ0v) is 12.0. The summed E-state index contributed by atoms with van der Waals surface area (Å²) in [6.07, 6.45) is -1.06. The molecule has 0 aromatic heterocycles. The summed E-state index contributed by atoms with van der Waals surface area (Å²) < 4.78 is 15.9. The van der Waals surface area contributed by atoms with Crippen LogP contribution in [0.25, 0.3) is 0 Å². The molecule has 94 valence electrons. The molecule has 1 aliphatic rings. The maximum Gasteiger partial charge on any atom is 0.509 e. The van der Waals surface area contributed by atoms with Crippen LogP contribution in [0.1, 0.15) is 27.7 Å². The van der Waals surface area contributed by atoms with Gasteiger partial charge in [-0.15, -0.1) is 0 Å². The van der Waals surface area contributed by atoms with E-state index in [0.29, 0.717) is 6.61 Å². The van der Waals surface area contributed by atoms with Gasteiger partial charge < -0.3 is 13.9 Å². The van der Waals surface area contributed by atoms with Gasteiger partial charge in [0.05, 0.1) is 6.61 Å². The largest absolute Gasteiger partial charge is 0.509 e. The first-order chi connectivity index (χ1) is 7.13. The van der Waals surface area contributed by atoms with Crippen molar-refractivity contribution in [3.8, 4) is 0 Å². The zero-order chi connectivity index (χ0) is 12.6. The maximum atomic E-state index is 10.9. The lowest BCUT2D eigenvalue weighted by Crippen LogP contribution is -2.43. The fourth-order valence-electron chi connectivity index (χ4n) is 1.15. The highest BCUT2D eigenvalue weighted by Crippen LogP contribution is 2.36. The Kier molecular flexibility index (Phi) is 3.69. The molecule has 1 heterocycles. The average Bonchev–Trinajstić information content (AvgIpc) is 2.39. The summed E-state index contributed by atoms with van der Waals surface area (Å²) in [5, 5.41) is 0.166. The van der Waals surface area contributed by atoms with Gasteiger partial charge in [0.2, 0.25) is 0 Å². The molecule has 0 N–H and O–H groups in total. The number of carbonyl (C=O) groups is 1. The van der Waals surface area contributed by atoms with E-state index >= 15 is 0 Å². The molecule has 1 fully saturated rings. The molecule has 1 rings (SSSR count). The monoisotopic (exact) mass is 246 g/mol. The van der Waals surface area contributed by atoms with Crippen molar-refractivity contribution < 1.29 is 18.7 Å². The van der Waals surface area contributed by atoms with Gasteiger partial charge in [0, 0.05) is 0 Å². The Morgan fingerprint density at radius 1 is 1.31 bits per heavy atom. The summed E-state index contributed by atoms with van der Waals surface area (Å²) >= 11 is 0. The number of cyclic esters (lactones) is 2. The van der Waals surface area contributed by atoms with Crippen molar-refractivity contribution in [3.05, 3.63) is 0 Å². The summed E-state index contributed by atoms with van der Waals surface area (Å²) in [6.45, 7) is 13.2. The summed E-state index contributed by atoms with van der Waals surface area (Å²) in [7, 11) is -1.77. The number of hydrogen-bond donors (Lipinski definition) is 0. The van der Waals surface area contributed by atoms with Gasteiger partial charge in [-0.05, 0) is 25.1 Å². The van der Waals surface area contributed by atoms with Crippen molar-refractivity contribution in [1.82, 2.24) is 0 Å². The van der Waals surface area contributed by atoms with Crippen LogP contribution in [-0.2, 0) is 13.9 Å². The lowest BCUT2D eigenvalue weighted by atomic mass is 10.2. The molecule has 4 nitrogen and oxygen atoms in total. The van der Waals surface area contributed by atoms with E-state index in [1.165, 1.54) is 0 Å². The third-order valence-corrected chi connectivity index (χ3v) is 7.97. The molecular formula is C11H22O4Si. The number of carbonyl (C=O) groups excluding carboxylic acids is 1. The van der Waals surface area contributed by atoms with E-state index in [1.54, 1.807) is 0 Å². The molecule has 2 unspecified atom stereocenters. The average molecular weight is 246 g/mol. The van der Waals surface area contributed by atoms with Crippen LogP contribution in [0.5, 0.6) is 0 Å². The minimum Gasteiger partial charge on any atom is -0.427 e. The van der Waals surface area contributed by atoms with Gasteiger partial charge in [-0.25, -0.2) is 4.79 Å². The first-order valence-electron chi connectivity index (χ1n) is 5.65. The SMILES string of the molecule is CC1OC(=O)OC1CO[Si](C)(C)C(C)(C)C. The quantitative estimate of drug-likeness (QED) is 0.567. The summed E-state index contributed by atoms with van der Waals surface area (Å²) in [4.78, 5) is 10.9. The molecule has 0 radical (unpaired) electrons. The molecule has 0 amide bonds. The van der Waals surface area contributed by atoms with Crippen LogP contribution in [0.3, 0.4) is 0 Å². The van der Waals surface area contributed by atoms with Crippen molar-refractivity contribution in [2.45, 2.75) is 58.0 Å². The molecule has 2 atom stereocenters. The second-order valence-corrected chi connectivity index (χ2v) is 10.6. The van der Waals surface area contributed by atoms with E-state index in [2.05, 4.69) is 33.9 Å². The van der Waals surface area contributed by atoms with Crippen LogP contribution in [0.15, 0.2) is 0 Å². The predicted octanol–water partition coefficient (Wildman–Crippen LogP) is 2.93. The molecule has 0 bridgehead atoms. The smallest absolute Gasteiger partial charge is 0.427 e. The Hall–Kier alpha value is -0.553. The first kappa shape index (κ1) is 13.5. The standard InChI is InChI=1S/C11H22O4Si/c1-8-9(15-10(12)14-8)7-13-16(5,6)11(2,3)4/h8-9H,7H2,1-6H3. The highest BCUT2D eigenvalue weighted by molar-refractivity contribution is 6.74. The predicted molar refractivity (Wildman–Crippen MR) is 64.0 cm³/mol. The van der Waals surface area contributed by atoms with Crippen molar-refractivity contribution in [1.29, 1.82) is 0 Å². The van der Waals surface area contributed by atoms with Crippen LogP contribution in [0.2, 0.25) is 18.1 Å². The van der Waals surface area contributed by atoms with Gasteiger partial charge in [0.1, 0.15) is 6.10 Å². The minimum absolute atomic E-state index is 0.166. The van der Waals surface area contributed by atoms with Gasteiger partial charge in [-0.1, -0.05) is 20.8 Å². The molecule has 16 heavy (non-hydrogen) atoms. The Morgan fingerprint density at radius 2 is 1.88 bits per heavy atom. The number of ether oxygens (including phenoxy) is 2. The topological polar surface area (TPSA) is 44.8 Å². The number of rotatable bonds is 3. The van der Waals surface area contributed by atoms with E-state index in [-0.39, 0.29) is 17.2 Å². The number of hydrogen-bond acceptors (Lipinski definition) is 4. The molecular weight excluding hydrogens is 224 g/mol. The molecule has 0 aromatic rings. The third kappa shape index (κ3) is 2.98. The molecule has 0 aliphatic carbocycles. The minimum atomic E-state index is -1.77. The van der Waals surface area contributed by atoms with Crippen LogP contribution in [-0.4, -0.2) is 33.3 Å². The van der Waals surface area contributed by atoms with E-state index in [9.17, 15) is 4.79 Å². The Balaban J connectivity index is 2.49. The summed E-state index contributed by atoms with van der Waals surface area (Å²) in [5.74, 6) is 0. The van der Waals surface area contributed by atoms with Gasteiger partial charge in [0.25, 0.3) is 0 Å². The van der Waals surface area contributed by atoms with Gasteiger partial charge in [-0.3, -0.25) is 0 Å². The normalized spacial score (nSPS) is 26.5. The van der Waals surface area contributed by atoms with Gasteiger partial charge in [-0.2, -0.15) is 0 Å². The van der Waals surface area contributed by atoms with Crippen LogP contribution in [0.4, 0.5) is 4.79 Å². The fraction of sp³-hybridized carbons (Fsp3) is 0.909. The van der Waals surface area contributed by atoms with Gasteiger partial charge in [0.15, 0.2) is 14.4 Å². The molecule has 5 heteroatoms. The second kappa shape index (κ2) is 4.37. The van der Waals surface area contributed by atoms with Gasteiger partial charge >= 0.3 is 6.16 Å². The fourth-order valence-corrected chi connectivity index (χ4v) is 2.17. The van der Waals surface area contributed by atoms with Crippen molar-refractivity contribution in [3.63, 3.8) is 0 Å². The van der Waals surface area contributed by atoms with E-state index in [4.69, 9.17) is 13.9 Å². The van der Waals surface area contributed by atoms with Crippen LogP contribution >= 0.6 is 0 Å². The first-order valence-corrected chi connectivity index (χ1v) is 8.55. The molecule has 1 aliphatic heterocycles. The van der Waals surface area contributed by atoms with Crippen LogP contribution < -0.4 is 0 Å². The Morgan fingerprint density at radius 3 is 2.25 bits per heavy atom. The summed E-state index contributed by atoms with van der Waals surface area (Å²) in [6, 6.07) is 0. The zero-order valence-electron chi connectivity index (χ0n) is 11.0. The third-order valence-electron chi connectivity index (χ3n) is 3.47. The highest BCUT2D eigenvalue weighted by Gasteiger charge is 2.40. The maximum absolute atomic E-state index is 10.9. The van der Waals surface area contributed by atoms with Crippen molar-refractivity contribution in [2.24, 2.45) is 0 Å². The lowest BCUT2D eigenvalue weighted by molar-refractivity contribution is 0.0889. The highest BCUT2D eigenvalue weighted by atomic mass is 28.4. The molecule has 0 spiro atoms. The molecule has 0 saturated carbocycles. The van der Waals surface area contributed by atoms with Crippen LogP contribution in [0, 0.1) is 0 Å². The molecule has 1 saturated heterocycles. The van der Waals surface area contributed by atoms with E-state index in [1.807, 2.05) is 6.92 Å². The Bertz CT molecular complexity index is 270. The van der Waals surface area contributed by atoms with Crippen molar-refractivity contribution in [2.75, 3.05) is 6.61 Å². The van der Waals surface area contributed by atoms with E-state index in [0.717, 1.165) is 0 Å². The Labute approximate surface area is 98.4 Å². The molecule has 0 aromatic carbocycles.